The lowest BCUT2D eigenvalue weighted by Gasteiger charge is -2.33. The Hall–Kier alpha value is -0.153. The molecule has 0 aromatic carbocycles. The molecule has 1 unspecified atom stereocenters. The minimum absolute atomic E-state index is 0.641. The van der Waals surface area contributed by atoms with Crippen molar-refractivity contribution < 1.29 is 4.80 Å². The SMILES string of the molecule is C[Si](O)(CCCC=N)C1CCCCC1. The van der Waals surface area contributed by atoms with Gasteiger partial charge in [-0.3, -0.25) is 0 Å². The number of nitrogens with one attached hydrogen (secondary N) is 1. The van der Waals surface area contributed by atoms with Crippen LogP contribution in [0.15, 0.2) is 0 Å². The third-order valence-corrected chi connectivity index (χ3v) is 7.22. The summed E-state index contributed by atoms with van der Waals surface area (Å²) in [5, 5.41) is 6.96. The van der Waals surface area contributed by atoms with Gasteiger partial charge in [0.15, 0.2) is 8.32 Å². The Balaban J connectivity index is 2.33. The van der Waals surface area contributed by atoms with E-state index in [1.807, 2.05) is 0 Å². The van der Waals surface area contributed by atoms with Crippen LogP contribution >= 0.6 is 0 Å². The van der Waals surface area contributed by atoms with E-state index in [0.29, 0.717) is 5.54 Å². The third-order valence-electron chi connectivity index (χ3n) is 3.52. The zero-order valence-corrected chi connectivity index (χ0v) is 10.3. The fourth-order valence-electron chi connectivity index (χ4n) is 2.49. The van der Waals surface area contributed by atoms with Crippen molar-refractivity contribution in [1.29, 1.82) is 5.41 Å². The molecule has 0 aromatic rings. The molecule has 1 rings (SSSR count). The second-order valence-corrected chi connectivity index (χ2v) is 8.82. The highest BCUT2D eigenvalue weighted by Crippen LogP contribution is 2.37. The van der Waals surface area contributed by atoms with Gasteiger partial charge in [-0.05, 0) is 37.2 Å². The Bertz CT molecular complexity index is 176. The summed E-state index contributed by atoms with van der Waals surface area (Å²) in [6, 6.07) is 0.993. The summed E-state index contributed by atoms with van der Waals surface area (Å²) in [6.45, 7) is 2.12. The van der Waals surface area contributed by atoms with Gasteiger partial charge in [0.1, 0.15) is 0 Å². The van der Waals surface area contributed by atoms with Crippen molar-refractivity contribution >= 4 is 14.5 Å². The number of hydrogen-bond donors (Lipinski definition) is 2. The molecule has 1 atom stereocenters. The molecule has 0 aromatic heterocycles. The minimum Gasteiger partial charge on any atom is -0.432 e. The normalized spacial score (nSPS) is 23.0. The molecule has 0 saturated heterocycles. The standard InChI is InChI=1S/C11H23NOSi/c1-14(13,10-6-5-9-12)11-7-3-2-4-8-11/h9,11-13H,2-8,10H2,1H3. The molecule has 0 bridgehead atoms. The molecule has 0 heterocycles. The molecule has 0 spiro atoms. The van der Waals surface area contributed by atoms with E-state index < -0.39 is 8.32 Å². The van der Waals surface area contributed by atoms with Crippen molar-refractivity contribution in [3.8, 4) is 0 Å². The second kappa shape index (κ2) is 5.66. The molecule has 2 N–H and O–H groups in total. The van der Waals surface area contributed by atoms with E-state index in [4.69, 9.17) is 5.41 Å². The molecule has 0 radical (unpaired) electrons. The van der Waals surface area contributed by atoms with Crippen LogP contribution in [0.2, 0.25) is 18.1 Å². The van der Waals surface area contributed by atoms with Crippen LogP contribution in [0.1, 0.15) is 44.9 Å². The van der Waals surface area contributed by atoms with Crippen molar-refractivity contribution in [2.24, 2.45) is 0 Å². The van der Waals surface area contributed by atoms with E-state index in [2.05, 4.69) is 6.55 Å². The van der Waals surface area contributed by atoms with Crippen molar-refractivity contribution in [3.63, 3.8) is 0 Å². The van der Waals surface area contributed by atoms with Gasteiger partial charge < -0.3 is 10.2 Å². The van der Waals surface area contributed by atoms with Crippen LogP contribution in [0.5, 0.6) is 0 Å². The summed E-state index contributed by atoms with van der Waals surface area (Å²) in [4.78, 5) is 10.4. The maximum absolute atomic E-state index is 10.4. The molecule has 82 valence electrons. The zero-order valence-electron chi connectivity index (χ0n) is 9.26. The summed E-state index contributed by atoms with van der Waals surface area (Å²) < 4.78 is 0. The van der Waals surface area contributed by atoms with E-state index in [1.165, 1.54) is 38.3 Å². The summed E-state index contributed by atoms with van der Waals surface area (Å²) >= 11 is 0. The van der Waals surface area contributed by atoms with Crippen LogP contribution in [-0.4, -0.2) is 19.3 Å². The molecular formula is C11H23NOSi. The van der Waals surface area contributed by atoms with Crippen LogP contribution < -0.4 is 0 Å². The van der Waals surface area contributed by atoms with Gasteiger partial charge in [0.25, 0.3) is 0 Å². The molecular weight excluding hydrogens is 190 g/mol. The van der Waals surface area contributed by atoms with Gasteiger partial charge in [-0.1, -0.05) is 32.1 Å². The largest absolute Gasteiger partial charge is 0.432 e. The predicted octanol–water partition coefficient (Wildman–Crippen LogP) is 3.32. The first-order chi connectivity index (χ1) is 6.67. The lowest BCUT2D eigenvalue weighted by Crippen LogP contribution is -2.37. The average molecular weight is 213 g/mol. The lowest BCUT2D eigenvalue weighted by atomic mass is 10.0. The summed E-state index contributed by atoms with van der Waals surface area (Å²) in [6.07, 6.45) is 9.83. The lowest BCUT2D eigenvalue weighted by molar-refractivity contribution is 0.427. The first-order valence-corrected chi connectivity index (χ1v) is 8.61. The molecule has 0 aliphatic heterocycles. The van der Waals surface area contributed by atoms with E-state index in [0.717, 1.165) is 18.9 Å². The van der Waals surface area contributed by atoms with Crippen LogP contribution in [0, 0.1) is 5.41 Å². The summed E-state index contributed by atoms with van der Waals surface area (Å²) in [5.41, 5.74) is 0.641. The second-order valence-electron chi connectivity index (χ2n) is 4.79. The first-order valence-electron chi connectivity index (χ1n) is 5.88. The van der Waals surface area contributed by atoms with Crippen LogP contribution in [0.25, 0.3) is 0 Å². The highest BCUT2D eigenvalue weighted by molar-refractivity contribution is 6.72. The Labute approximate surface area is 88.4 Å². The van der Waals surface area contributed by atoms with Crippen molar-refractivity contribution in [1.82, 2.24) is 0 Å². The van der Waals surface area contributed by atoms with Gasteiger partial charge in [-0.25, -0.2) is 0 Å². The molecule has 14 heavy (non-hydrogen) atoms. The fourth-order valence-corrected chi connectivity index (χ4v) is 5.47. The smallest absolute Gasteiger partial charge is 0.188 e. The molecule has 1 fully saturated rings. The maximum Gasteiger partial charge on any atom is 0.188 e. The minimum atomic E-state index is -1.94. The van der Waals surface area contributed by atoms with Gasteiger partial charge in [-0.2, -0.15) is 0 Å². The van der Waals surface area contributed by atoms with Gasteiger partial charge in [0.2, 0.25) is 0 Å². The molecule has 3 heteroatoms. The monoisotopic (exact) mass is 213 g/mol. The van der Waals surface area contributed by atoms with Gasteiger partial charge in [0, 0.05) is 0 Å². The Morgan fingerprint density at radius 3 is 2.57 bits per heavy atom. The zero-order chi connectivity index (χ0) is 10.4. The van der Waals surface area contributed by atoms with E-state index >= 15 is 0 Å². The summed E-state index contributed by atoms with van der Waals surface area (Å²) in [7, 11) is -1.94. The highest BCUT2D eigenvalue weighted by Gasteiger charge is 2.34. The number of unbranched alkanes of at least 4 members (excludes halogenated alkanes) is 1. The van der Waals surface area contributed by atoms with Gasteiger partial charge in [0.05, 0.1) is 0 Å². The van der Waals surface area contributed by atoms with Gasteiger partial charge in [-0.15, -0.1) is 0 Å². The topological polar surface area (TPSA) is 44.1 Å². The molecule has 1 aliphatic rings. The Morgan fingerprint density at radius 2 is 2.00 bits per heavy atom. The Morgan fingerprint density at radius 1 is 1.36 bits per heavy atom. The summed E-state index contributed by atoms with van der Waals surface area (Å²) in [5.74, 6) is 0. The average Bonchev–Trinajstić information content (AvgIpc) is 2.19. The molecule has 0 amide bonds. The molecule has 1 saturated carbocycles. The predicted molar refractivity (Wildman–Crippen MR) is 63.5 cm³/mol. The van der Waals surface area contributed by atoms with E-state index in [-0.39, 0.29) is 0 Å². The van der Waals surface area contributed by atoms with E-state index in [9.17, 15) is 4.80 Å². The Kier molecular flexibility index (Phi) is 4.82. The first kappa shape index (κ1) is 11.9. The highest BCUT2D eigenvalue weighted by atomic mass is 28.4. The fraction of sp³-hybridized carbons (Fsp3) is 0.909. The number of rotatable bonds is 5. The third kappa shape index (κ3) is 3.54. The van der Waals surface area contributed by atoms with Crippen LogP contribution in [-0.2, 0) is 0 Å². The maximum atomic E-state index is 10.4. The van der Waals surface area contributed by atoms with Gasteiger partial charge >= 0.3 is 0 Å². The van der Waals surface area contributed by atoms with Crippen molar-refractivity contribution in [2.75, 3.05) is 0 Å². The quantitative estimate of drug-likeness (QED) is 0.411. The van der Waals surface area contributed by atoms with Crippen LogP contribution in [0.3, 0.4) is 0 Å². The molecule has 1 aliphatic carbocycles. The number of hydrogen-bond acceptors (Lipinski definition) is 2. The van der Waals surface area contributed by atoms with Crippen LogP contribution in [0.4, 0.5) is 0 Å². The van der Waals surface area contributed by atoms with E-state index in [1.54, 1.807) is 0 Å². The molecule has 2 nitrogen and oxygen atoms in total. The van der Waals surface area contributed by atoms with Crippen molar-refractivity contribution in [2.45, 2.75) is 63.1 Å². The van der Waals surface area contributed by atoms with Crippen molar-refractivity contribution in [3.05, 3.63) is 0 Å².